The van der Waals surface area contributed by atoms with Crippen molar-refractivity contribution in [2.45, 2.75) is 144 Å². The molecular formula is C27H54O7. The summed E-state index contributed by atoms with van der Waals surface area (Å²) in [7, 11) is 0. The van der Waals surface area contributed by atoms with Gasteiger partial charge < -0.3 is 9.47 Å². The van der Waals surface area contributed by atoms with Crippen molar-refractivity contribution in [2.24, 2.45) is 11.8 Å². The first kappa shape index (κ1) is 33.1. The molecule has 0 amide bonds. The van der Waals surface area contributed by atoms with Gasteiger partial charge in [0.1, 0.15) is 0 Å². The Morgan fingerprint density at radius 2 is 0.941 bits per heavy atom. The molecule has 0 N–H and O–H groups in total. The van der Waals surface area contributed by atoms with Gasteiger partial charge in [-0.2, -0.15) is 9.78 Å². The number of hydrogen-bond acceptors (Lipinski definition) is 7. The van der Waals surface area contributed by atoms with Crippen LogP contribution in [0.4, 0.5) is 4.79 Å². The fourth-order valence-corrected chi connectivity index (χ4v) is 3.66. The first-order valence-corrected chi connectivity index (χ1v) is 14.0. The Hall–Kier alpha value is -0.890. The summed E-state index contributed by atoms with van der Waals surface area (Å²) in [6.45, 7) is 13.6. The molecule has 4 unspecified atom stereocenters. The lowest BCUT2D eigenvalue weighted by Gasteiger charge is -2.28. The molecule has 0 rings (SSSR count). The number of carbonyl (C=O) groups excluding carboxylic acids is 1. The molecule has 0 aromatic carbocycles. The number of ether oxygens (including phenoxy) is 2. The minimum Gasteiger partial charge on any atom is -0.401 e. The molecule has 0 bridgehead atoms. The lowest BCUT2D eigenvalue weighted by Crippen LogP contribution is -2.35. The number of hydrogen-bond donors (Lipinski definition) is 0. The highest BCUT2D eigenvalue weighted by molar-refractivity contribution is 5.60. The Morgan fingerprint density at radius 3 is 1.26 bits per heavy atom. The second kappa shape index (κ2) is 23.8. The van der Waals surface area contributed by atoms with E-state index in [9.17, 15) is 4.79 Å². The van der Waals surface area contributed by atoms with Gasteiger partial charge in [-0.25, -0.2) is 14.6 Å². The predicted octanol–water partition coefficient (Wildman–Crippen LogP) is 8.50. The summed E-state index contributed by atoms with van der Waals surface area (Å²) in [5, 5.41) is 0. The van der Waals surface area contributed by atoms with Crippen molar-refractivity contribution in [3.05, 3.63) is 0 Å². The van der Waals surface area contributed by atoms with Gasteiger partial charge in [-0.3, -0.25) is 0 Å². The van der Waals surface area contributed by atoms with E-state index < -0.39 is 18.7 Å². The van der Waals surface area contributed by atoms with Crippen LogP contribution >= 0.6 is 0 Å². The molecule has 4 atom stereocenters. The highest BCUT2D eigenvalue weighted by Gasteiger charge is 2.31. The van der Waals surface area contributed by atoms with Crippen LogP contribution in [0.25, 0.3) is 0 Å². The average Bonchev–Trinajstić information content (AvgIpc) is 2.84. The Labute approximate surface area is 209 Å². The number of rotatable bonds is 24. The lowest BCUT2D eigenvalue weighted by atomic mass is 9.99. The van der Waals surface area contributed by atoms with Crippen LogP contribution in [0.5, 0.6) is 0 Å². The molecule has 0 fully saturated rings. The van der Waals surface area contributed by atoms with E-state index in [1.807, 2.05) is 0 Å². The van der Waals surface area contributed by atoms with Crippen molar-refractivity contribution < 1.29 is 33.8 Å². The van der Waals surface area contributed by atoms with E-state index in [4.69, 9.17) is 29.0 Å². The maximum Gasteiger partial charge on any atom is 0.513 e. The monoisotopic (exact) mass is 490 g/mol. The summed E-state index contributed by atoms with van der Waals surface area (Å²) in [6, 6.07) is 0. The van der Waals surface area contributed by atoms with E-state index in [1.54, 1.807) is 0 Å². The molecule has 7 heteroatoms. The van der Waals surface area contributed by atoms with Crippen LogP contribution in [0, 0.1) is 11.8 Å². The molecule has 0 saturated heterocycles. The van der Waals surface area contributed by atoms with Gasteiger partial charge in [0, 0.05) is 11.8 Å². The van der Waals surface area contributed by atoms with Gasteiger partial charge in [-0.1, -0.05) is 92.9 Å². The molecule has 7 nitrogen and oxygen atoms in total. The standard InChI is InChI=1S/C27H54O7/c1-7-13-17-21-29-33-25(23(11-5)19-15-9-3)31-27(28)32-26(24(12-6)20-16-10-4)34-30-22-18-14-8-2/h23-26H,7-22H2,1-6H3. The van der Waals surface area contributed by atoms with Gasteiger partial charge in [-0.05, 0) is 38.5 Å². The van der Waals surface area contributed by atoms with Gasteiger partial charge in [0.25, 0.3) is 0 Å². The number of carbonyl (C=O) groups is 1. The normalized spacial score (nSPS) is 15.0. The molecule has 0 aliphatic rings. The van der Waals surface area contributed by atoms with Crippen LogP contribution in [-0.4, -0.2) is 31.9 Å². The zero-order valence-electron chi connectivity index (χ0n) is 23.0. The summed E-state index contributed by atoms with van der Waals surface area (Å²) in [5.74, 6) is 0.0656. The van der Waals surface area contributed by atoms with Crippen LogP contribution in [0.15, 0.2) is 0 Å². The zero-order chi connectivity index (χ0) is 25.4. The fraction of sp³-hybridized carbons (Fsp3) is 0.963. The Kier molecular flexibility index (Phi) is 23.2. The third kappa shape index (κ3) is 16.7. The molecule has 0 aromatic heterocycles. The summed E-state index contributed by atoms with van der Waals surface area (Å²) >= 11 is 0. The predicted molar refractivity (Wildman–Crippen MR) is 135 cm³/mol. The van der Waals surface area contributed by atoms with Gasteiger partial charge in [0.2, 0.25) is 12.6 Å². The van der Waals surface area contributed by atoms with Crippen molar-refractivity contribution in [1.82, 2.24) is 0 Å². The van der Waals surface area contributed by atoms with E-state index in [1.165, 1.54) is 0 Å². The van der Waals surface area contributed by atoms with Crippen molar-refractivity contribution in [3.63, 3.8) is 0 Å². The van der Waals surface area contributed by atoms with Gasteiger partial charge in [-0.15, -0.1) is 0 Å². The summed E-state index contributed by atoms with van der Waals surface area (Å²) in [4.78, 5) is 34.8. The smallest absolute Gasteiger partial charge is 0.401 e. The van der Waals surface area contributed by atoms with E-state index >= 15 is 0 Å². The minimum atomic E-state index is -0.812. The molecule has 0 aromatic rings. The molecule has 0 aliphatic heterocycles. The van der Waals surface area contributed by atoms with Gasteiger partial charge in [0.05, 0.1) is 13.2 Å². The fourth-order valence-electron chi connectivity index (χ4n) is 3.66. The minimum absolute atomic E-state index is 0.0328. The molecular weight excluding hydrogens is 436 g/mol. The SMILES string of the molecule is CCCCCOOC(OC(=O)OC(OOCCCCC)C(CC)CCCC)C(CC)CCCC. The van der Waals surface area contributed by atoms with Crippen LogP contribution in [0.3, 0.4) is 0 Å². The third-order valence-corrected chi connectivity index (χ3v) is 6.09. The van der Waals surface area contributed by atoms with Gasteiger partial charge >= 0.3 is 6.16 Å². The molecule has 0 heterocycles. The second-order valence-electron chi connectivity index (χ2n) is 9.09. The Balaban J connectivity index is 5.09. The Morgan fingerprint density at radius 1 is 0.559 bits per heavy atom. The average molecular weight is 491 g/mol. The van der Waals surface area contributed by atoms with Crippen molar-refractivity contribution in [3.8, 4) is 0 Å². The molecule has 204 valence electrons. The molecule has 0 spiro atoms. The highest BCUT2D eigenvalue weighted by atomic mass is 17.2. The third-order valence-electron chi connectivity index (χ3n) is 6.09. The van der Waals surface area contributed by atoms with Crippen LogP contribution in [0.2, 0.25) is 0 Å². The van der Waals surface area contributed by atoms with Gasteiger partial charge in [0.15, 0.2) is 0 Å². The van der Waals surface area contributed by atoms with E-state index in [-0.39, 0.29) is 11.8 Å². The first-order valence-electron chi connectivity index (χ1n) is 14.0. The first-order chi connectivity index (χ1) is 16.6. The summed E-state index contributed by atoms with van der Waals surface area (Å²) in [5.41, 5.74) is 0. The number of unbranched alkanes of at least 4 members (excludes halogenated alkanes) is 6. The second-order valence-corrected chi connectivity index (χ2v) is 9.09. The molecule has 0 aliphatic carbocycles. The van der Waals surface area contributed by atoms with Crippen molar-refractivity contribution in [2.75, 3.05) is 13.2 Å². The van der Waals surface area contributed by atoms with E-state index in [0.29, 0.717) is 13.2 Å². The van der Waals surface area contributed by atoms with Crippen molar-refractivity contribution >= 4 is 6.16 Å². The van der Waals surface area contributed by atoms with Crippen LogP contribution in [-0.2, 0) is 29.0 Å². The molecule has 0 radical (unpaired) electrons. The lowest BCUT2D eigenvalue weighted by molar-refractivity contribution is -0.397. The zero-order valence-corrected chi connectivity index (χ0v) is 23.0. The maximum absolute atomic E-state index is 12.8. The summed E-state index contributed by atoms with van der Waals surface area (Å²) in [6.07, 6.45) is 11.3. The highest BCUT2D eigenvalue weighted by Crippen LogP contribution is 2.25. The quantitative estimate of drug-likeness (QED) is 0.0441. The maximum atomic E-state index is 12.8. The molecule has 34 heavy (non-hydrogen) atoms. The van der Waals surface area contributed by atoms with E-state index in [2.05, 4.69) is 41.5 Å². The topological polar surface area (TPSA) is 72.5 Å². The van der Waals surface area contributed by atoms with E-state index in [0.717, 1.165) is 89.9 Å². The molecule has 0 saturated carbocycles. The largest absolute Gasteiger partial charge is 0.513 e. The van der Waals surface area contributed by atoms with Crippen molar-refractivity contribution in [1.29, 1.82) is 0 Å². The van der Waals surface area contributed by atoms with Crippen LogP contribution < -0.4 is 0 Å². The summed E-state index contributed by atoms with van der Waals surface area (Å²) < 4.78 is 11.3. The Bertz CT molecular complexity index is 409. The van der Waals surface area contributed by atoms with Crippen LogP contribution in [0.1, 0.15) is 131 Å².